The average molecular weight is 389 g/mol. The number of carbonyl (C=O) groups excluding carboxylic acids is 1. The molecule has 1 amide bonds. The lowest BCUT2D eigenvalue weighted by molar-refractivity contribution is -0.0498. The lowest BCUT2D eigenvalue weighted by atomic mass is 10.2. The lowest BCUT2D eigenvalue weighted by Crippen LogP contribution is -2.12. The molecule has 0 atom stereocenters. The predicted octanol–water partition coefficient (Wildman–Crippen LogP) is 4.14. The highest BCUT2D eigenvalue weighted by Crippen LogP contribution is 2.18. The second-order valence-electron chi connectivity index (χ2n) is 3.87. The average Bonchev–Trinajstić information content (AvgIpc) is 2.40. The molecule has 0 aliphatic heterocycles. The Morgan fingerprint density at radius 1 is 1.15 bits per heavy atom. The number of anilines is 1. The number of alkyl halides is 2. The van der Waals surface area contributed by atoms with Gasteiger partial charge < -0.3 is 10.1 Å². The van der Waals surface area contributed by atoms with Crippen molar-refractivity contribution in [3.05, 3.63) is 57.7 Å². The zero-order valence-electron chi connectivity index (χ0n) is 10.1. The van der Waals surface area contributed by atoms with E-state index in [-0.39, 0.29) is 11.7 Å². The molecule has 2 aromatic carbocycles. The highest BCUT2D eigenvalue weighted by molar-refractivity contribution is 14.1. The summed E-state index contributed by atoms with van der Waals surface area (Å²) in [5.41, 5.74) is 1.04. The summed E-state index contributed by atoms with van der Waals surface area (Å²) in [6, 6.07) is 12.9. The first-order valence-corrected chi connectivity index (χ1v) is 6.74. The fourth-order valence-corrected chi connectivity index (χ4v) is 2.10. The minimum atomic E-state index is -2.86. The summed E-state index contributed by atoms with van der Waals surface area (Å²) in [5, 5.41) is 2.68. The van der Waals surface area contributed by atoms with Crippen LogP contribution in [0.5, 0.6) is 5.75 Å². The van der Waals surface area contributed by atoms with Crippen molar-refractivity contribution in [2.24, 2.45) is 0 Å². The molecule has 0 aliphatic rings. The molecular weight excluding hydrogens is 379 g/mol. The number of hydrogen-bond acceptors (Lipinski definition) is 2. The molecule has 2 rings (SSSR count). The van der Waals surface area contributed by atoms with Crippen molar-refractivity contribution in [2.45, 2.75) is 6.61 Å². The van der Waals surface area contributed by atoms with Crippen molar-refractivity contribution < 1.29 is 18.3 Å². The molecule has 1 N–H and O–H groups in total. The van der Waals surface area contributed by atoms with Gasteiger partial charge in [-0.2, -0.15) is 8.78 Å². The predicted molar refractivity (Wildman–Crippen MR) is 80.2 cm³/mol. The van der Waals surface area contributed by atoms with Gasteiger partial charge in [0.2, 0.25) is 0 Å². The number of hydrogen-bond donors (Lipinski definition) is 1. The summed E-state index contributed by atoms with van der Waals surface area (Å²) in [5.74, 6) is -0.210. The van der Waals surface area contributed by atoms with Crippen LogP contribution in [-0.4, -0.2) is 12.5 Å². The van der Waals surface area contributed by atoms with E-state index in [0.29, 0.717) is 11.3 Å². The molecule has 2 aromatic rings. The van der Waals surface area contributed by atoms with Gasteiger partial charge in [-0.15, -0.1) is 0 Å². The van der Waals surface area contributed by atoms with E-state index in [9.17, 15) is 13.6 Å². The van der Waals surface area contributed by atoms with Gasteiger partial charge in [0.15, 0.2) is 0 Å². The van der Waals surface area contributed by atoms with E-state index in [1.807, 2.05) is 6.07 Å². The number of rotatable bonds is 4. The SMILES string of the molecule is O=C(Nc1ccc(OC(F)F)cc1)c1cccc(I)c1. The molecule has 0 radical (unpaired) electrons. The fourth-order valence-electron chi connectivity index (χ4n) is 1.55. The van der Waals surface area contributed by atoms with Crippen molar-refractivity contribution in [1.29, 1.82) is 0 Å². The first-order chi connectivity index (χ1) is 9.54. The molecule has 0 spiro atoms. The van der Waals surface area contributed by atoms with Gasteiger partial charge in [0.1, 0.15) is 5.75 Å². The number of nitrogens with one attached hydrogen (secondary N) is 1. The smallest absolute Gasteiger partial charge is 0.387 e. The molecule has 0 fully saturated rings. The molecular formula is C14H10F2INO2. The molecule has 0 saturated carbocycles. The van der Waals surface area contributed by atoms with Crippen LogP contribution in [0.3, 0.4) is 0 Å². The number of amides is 1. The van der Waals surface area contributed by atoms with Crippen LogP contribution >= 0.6 is 22.6 Å². The van der Waals surface area contributed by atoms with Gasteiger partial charge in [0.25, 0.3) is 5.91 Å². The van der Waals surface area contributed by atoms with Crippen molar-refractivity contribution in [2.75, 3.05) is 5.32 Å². The Morgan fingerprint density at radius 3 is 2.45 bits per heavy atom. The summed E-state index contributed by atoms with van der Waals surface area (Å²) in [7, 11) is 0. The van der Waals surface area contributed by atoms with E-state index >= 15 is 0 Å². The Hall–Kier alpha value is -1.70. The van der Waals surface area contributed by atoms with Gasteiger partial charge in [-0.25, -0.2) is 0 Å². The summed E-state index contributed by atoms with van der Waals surface area (Å²) in [6.07, 6.45) is 0. The molecule has 0 aromatic heterocycles. The second kappa shape index (κ2) is 6.65. The van der Waals surface area contributed by atoms with E-state index in [1.54, 1.807) is 18.2 Å². The van der Waals surface area contributed by atoms with Gasteiger partial charge in [-0.1, -0.05) is 6.07 Å². The van der Waals surface area contributed by atoms with Gasteiger partial charge in [0, 0.05) is 14.8 Å². The zero-order chi connectivity index (χ0) is 14.5. The third-order valence-electron chi connectivity index (χ3n) is 2.42. The van der Waals surface area contributed by atoms with Crippen LogP contribution in [0.2, 0.25) is 0 Å². The summed E-state index contributed by atoms with van der Waals surface area (Å²) >= 11 is 2.12. The van der Waals surface area contributed by atoms with Crippen LogP contribution < -0.4 is 10.1 Å². The normalized spacial score (nSPS) is 10.4. The Kier molecular flexibility index (Phi) is 4.89. The van der Waals surface area contributed by atoms with Crippen LogP contribution in [0, 0.1) is 3.57 Å². The number of carbonyl (C=O) groups is 1. The van der Waals surface area contributed by atoms with E-state index in [0.717, 1.165) is 3.57 Å². The summed E-state index contributed by atoms with van der Waals surface area (Å²) < 4.78 is 29.2. The Balaban J connectivity index is 2.04. The lowest BCUT2D eigenvalue weighted by Gasteiger charge is -2.07. The second-order valence-corrected chi connectivity index (χ2v) is 5.11. The number of ether oxygens (including phenoxy) is 1. The minimum Gasteiger partial charge on any atom is -0.435 e. The molecule has 0 heterocycles. The maximum absolute atomic E-state index is 12.0. The monoisotopic (exact) mass is 389 g/mol. The highest BCUT2D eigenvalue weighted by Gasteiger charge is 2.07. The Labute approximate surface area is 128 Å². The molecule has 0 bridgehead atoms. The quantitative estimate of drug-likeness (QED) is 0.799. The topological polar surface area (TPSA) is 38.3 Å². The summed E-state index contributed by atoms with van der Waals surface area (Å²) in [4.78, 5) is 12.0. The van der Waals surface area contributed by atoms with Crippen LogP contribution in [-0.2, 0) is 0 Å². The van der Waals surface area contributed by atoms with Crippen molar-refractivity contribution in [1.82, 2.24) is 0 Å². The molecule has 104 valence electrons. The van der Waals surface area contributed by atoms with Gasteiger partial charge in [-0.3, -0.25) is 4.79 Å². The fraction of sp³-hybridized carbons (Fsp3) is 0.0714. The van der Waals surface area contributed by atoms with Crippen LogP contribution in [0.4, 0.5) is 14.5 Å². The van der Waals surface area contributed by atoms with Gasteiger partial charge in [-0.05, 0) is 65.1 Å². The molecule has 3 nitrogen and oxygen atoms in total. The van der Waals surface area contributed by atoms with E-state index < -0.39 is 6.61 Å². The van der Waals surface area contributed by atoms with E-state index in [4.69, 9.17) is 0 Å². The van der Waals surface area contributed by atoms with E-state index in [1.165, 1.54) is 24.3 Å². The Bertz CT molecular complexity index is 602. The van der Waals surface area contributed by atoms with E-state index in [2.05, 4.69) is 32.6 Å². The first kappa shape index (κ1) is 14.7. The number of halogens is 3. The Morgan fingerprint density at radius 2 is 1.85 bits per heavy atom. The molecule has 0 aliphatic carbocycles. The van der Waals surface area contributed by atoms with Crippen LogP contribution in [0.25, 0.3) is 0 Å². The molecule has 0 saturated heterocycles. The van der Waals surface area contributed by atoms with Crippen LogP contribution in [0.15, 0.2) is 48.5 Å². The summed E-state index contributed by atoms with van der Waals surface area (Å²) in [6.45, 7) is -2.86. The minimum absolute atomic E-state index is 0.0484. The first-order valence-electron chi connectivity index (χ1n) is 5.66. The van der Waals surface area contributed by atoms with Crippen molar-refractivity contribution >= 4 is 34.2 Å². The highest BCUT2D eigenvalue weighted by atomic mass is 127. The molecule has 6 heteroatoms. The zero-order valence-corrected chi connectivity index (χ0v) is 12.3. The molecule has 20 heavy (non-hydrogen) atoms. The maximum Gasteiger partial charge on any atom is 0.387 e. The molecule has 0 unspecified atom stereocenters. The van der Waals surface area contributed by atoms with Gasteiger partial charge in [0.05, 0.1) is 0 Å². The maximum atomic E-state index is 12.0. The van der Waals surface area contributed by atoms with Gasteiger partial charge >= 0.3 is 6.61 Å². The van der Waals surface area contributed by atoms with Crippen molar-refractivity contribution in [3.63, 3.8) is 0 Å². The number of benzene rings is 2. The third-order valence-corrected chi connectivity index (χ3v) is 3.10. The standard InChI is InChI=1S/C14H10F2INO2/c15-14(16)20-12-6-4-11(5-7-12)18-13(19)9-2-1-3-10(17)8-9/h1-8,14H,(H,18,19). The van der Waals surface area contributed by atoms with Crippen molar-refractivity contribution in [3.8, 4) is 5.75 Å². The third kappa shape index (κ3) is 4.16. The largest absolute Gasteiger partial charge is 0.435 e. The van der Waals surface area contributed by atoms with Crippen LogP contribution in [0.1, 0.15) is 10.4 Å².